The summed E-state index contributed by atoms with van der Waals surface area (Å²) in [5.74, 6) is 0.113. The first kappa shape index (κ1) is 10.4. The molecule has 0 amide bonds. The number of nitrogens with zero attached hydrogens (tertiary/aromatic N) is 1. The lowest BCUT2D eigenvalue weighted by Gasteiger charge is -2.06. The van der Waals surface area contributed by atoms with E-state index in [0.717, 1.165) is 0 Å². The molecule has 0 spiro atoms. The van der Waals surface area contributed by atoms with Crippen molar-refractivity contribution in [3.8, 4) is 17.0 Å². The highest BCUT2D eigenvalue weighted by Gasteiger charge is 2.13. The van der Waals surface area contributed by atoms with Crippen LogP contribution in [0, 0.1) is 5.82 Å². The second-order valence-electron chi connectivity index (χ2n) is 3.12. The number of nitrogens with one attached hydrogen (secondary N) is 1. The van der Waals surface area contributed by atoms with E-state index in [1.54, 1.807) is 12.1 Å². The van der Waals surface area contributed by atoms with Crippen molar-refractivity contribution in [1.82, 2.24) is 9.97 Å². The van der Waals surface area contributed by atoms with Crippen LogP contribution in [0.4, 0.5) is 4.39 Å². The summed E-state index contributed by atoms with van der Waals surface area (Å²) in [5, 5.41) is 0. The summed E-state index contributed by atoms with van der Waals surface area (Å²) in [5.41, 5.74) is 0.683. The molecule has 2 rings (SSSR count). The Hall–Kier alpha value is -2.17. The molecule has 0 unspecified atom stereocenters. The van der Waals surface area contributed by atoms with Gasteiger partial charge in [-0.3, -0.25) is 4.79 Å². The molecule has 0 aliphatic rings. The minimum Gasteiger partial charge on any atom is -0.496 e. The summed E-state index contributed by atoms with van der Waals surface area (Å²) in [7, 11) is 1.45. The van der Waals surface area contributed by atoms with Crippen molar-refractivity contribution in [3.05, 3.63) is 36.0 Å². The van der Waals surface area contributed by atoms with Gasteiger partial charge in [-0.1, -0.05) is 6.07 Å². The predicted octanol–water partition coefficient (Wildman–Crippen LogP) is 2.04. The Morgan fingerprint density at radius 3 is 2.94 bits per heavy atom. The van der Waals surface area contributed by atoms with Gasteiger partial charge in [-0.15, -0.1) is 0 Å². The number of carbonyl (C=O) groups excluding carboxylic acids is 1. The summed E-state index contributed by atoms with van der Waals surface area (Å²) in [4.78, 5) is 16.9. The highest BCUT2D eigenvalue weighted by Crippen LogP contribution is 2.30. The Kier molecular flexibility index (Phi) is 2.68. The molecule has 0 saturated carbocycles. The molecule has 0 saturated heterocycles. The molecule has 82 valence electrons. The van der Waals surface area contributed by atoms with E-state index in [9.17, 15) is 9.18 Å². The number of carbonyl (C=O) groups is 1. The van der Waals surface area contributed by atoms with Crippen LogP contribution in [-0.2, 0) is 0 Å². The Morgan fingerprint density at radius 1 is 1.50 bits per heavy atom. The van der Waals surface area contributed by atoms with Gasteiger partial charge in [0.05, 0.1) is 24.6 Å². The number of methoxy groups -OCH3 is 1. The van der Waals surface area contributed by atoms with E-state index >= 15 is 0 Å². The van der Waals surface area contributed by atoms with Crippen molar-refractivity contribution in [2.24, 2.45) is 0 Å². The first-order chi connectivity index (χ1) is 7.76. The third-order valence-corrected chi connectivity index (χ3v) is 2.17. The third-order valence-electron chi connectivity index (χ3n) is 2.17. The third kappa shape index (κ3) is 1.67. The standard InChI is InChI=1S/C11H9FN2O2/c1-16-9-4-2-3-7(12)11(9)8-5-13-10(6-15)14-8/h2-6H,1H3,(H,13,14). The van der Waals surface area contributed by atoms with E-state index in [1.165, 1.54) is 19.4 Å². The fourth-order valence-electron chi connectivity index (χ4n) is 1.46. The maximum absolute atomic E-state index is 13.6. The Labute approximate surface area is 91.1 Å². The fraction of sp³-hybridized carbons (Fsp3) is 0.0909. The number of benzene rings is 1. The lowest BCUT2D eigenvalue weighted by atomic mass is 10.1. The molecule has 1 N–H and O–H groups in total. The Balaban J connectivity index is 2.57. The molecule has 0 aliphatic carbocycles. The average Bonchev–Trinajstić information content (AvgIpc) is 2.76. The van der Waals surface area contributed by atoms with Gasteiger partial charge in [0.15, 0.2) is 12.1 Å². The molecule has 5 heteroatoms. The molecule has 4 nitrogen and oxygen atoms in total. The summed E-state index contributed by atoms with van der Waals surface area (Å²) in [6.45, 7) is 0. The molecule has 0 fully saturated rings. The van der Waals surface area contributed by atoms with Crippen LogP contribution in [0.2, 0.25) is 0 Å². The number of aromatic amines is 1. The van der Waals surface area contributed by atoms with Crippen molar-refractivity contribution >= 4 is 6.29 Å². The van der Waals surface area contributed by atoms with Crippen LogP contribution in [0.3, 0.4) is 0 Å². The second-order valence-corrected chi connectivity index (χ2v) is 3.12. The Morgan fingerprint density at radius 2 is 2.31 bits per heavy atom. The Bertz CT molecular complexity index is 522. The van der Waals surface area contributed by atoms with E-state index < -0.39 is 5.82 Å². The molecule has 1 aromatic carbocycles. The molecular formula is C11H9FN2O2. The highest BCUT2D eigenvalue weighted by molar-refractivity contribution is 5.74. The predicted molar refractivity (Wildman–Crippen MR) is 55.9 cm³/mol. The largest absolute Gasteiger partial charge is 0.496 e. The molecule has 1 aromatic heterocycles. The summed E-state index contributed by atoms with van der Waals surface area (Å²) in [6.07, 6.45) is 1.96. The van der Waals surface area contributed by atoms with Gasteiger partial charge in [-0.25, -0.2) is 9.37 Å². The maximum atomic E-state index is 13.6. The topological polar surface area (TPSA) is 55.0 Å². The number of rotatable bonds is 3. The SMILES string of the molecule is COc1cccc(F)c1-c1cnc(C=O)[nH]1. The van der Waals surface area contributed by atoms with Crippen LogP contribution in [0.5, 0.6) is 5.75 Å². The zero-order valence-corrected chi connectivity index (χ0v) is 8.53. The van der Waals surface area contributed by atoms with Gasteiger partial charge in [0.2, 0.25) is 0 Å². The van der Waals surface area contributed by atoms with Gasteiger partial charge in [-0.2, -0.15) is 0 Å². The second kappa shape index (κ2) is 4.14. The number of aldehydes is 1. The number of ether oxygens (including phenoxy) is 1. The van der Waals surface area contributed by atoms with E-state index in [1.807, 2.05) is 0 Å². The first-order valence-electron chi connectivity index (χ1n) is 4.59. The number of hydrogen-bond acceptors (Lipinski definition) is 3. The number of halogens is 1. The van der Waals surface area contributed by atoms with Gasteiger partial charge in [0.25, 0.3) is 0 Å². The van der Waals surface area contributed by atoms with Crippen LogP contribution in [0.25, 0.3) is 11.3 Å². The van der Waals surface area contributed by atoms with Crippen LogP contribution in [0.1, 0.15) is 10.6 Å². The minimum absolute atomic E-state index is 0.153. The van der Waals surface area contributed by atoms with Crippen molar-refractivity contribution in [1.29, 1.82) is 0 Å². The van der Waals surface area contributed by atoms with E-state index in [2.05, 4.69) is 9.97 Å². The van der Waals surface area contributed by atoms with Crippen LogP contribution in [0.15, 0.2) is 24.4 Å². The van der Waals surface area contributed by atoms with Crippen LogP contribution in [-0.4, -0.2) is 23.4 Å². The molecule has 2 aromatic rings. The number of H-pyrrole nitrogens is 1. The van der Waals surface area contributed by atoms with E-state index in [4.69, 9.17) is 4.74 Å². The van der Waals surface area contributed by atoms with Crippen molar-refractivity contribution < 1.29 is 13.9 Å². The minimum atomic E-state index is -0.430. The molecule has 0 atom stereocenters. The monoisotopic (exact) mass is 220 g/mol. The first-order valence-corrected chi connectivity index (χ1v) is 4.59. The van der Waals surface area contributed by atoms with Crippen molar-refractivity contribution in [3.63, 3.8) is 0 Å². The van der Waals surface area contributed by atoms with Crippen molar-refractivity contribution in [2.45, 2.75) is 0 Å². The normalized spacial score (nSPS) is 10.1. The highest BCUT2D eigenvalue weighted by atomic mass is 19.1. The summed E-state index contributed by atoms with van der Waals surface area (Å²) in [6, 6.07) is 4.51. The smallest absolute Gasteiger partial charge is 0.185 e. The molecule has 1 heterocycles. The van der Waals surface area contributed by atoms with Gasteiger partial charge >= 0.3 is 0 Å². The van der Waals surface area contributed by atoms with Crippen molar-refractivity contribution in [2.75, 3.05) is 7.11 Å². The van der Waals surface area contributed by atoms with Crippen LogP contribution < -0.4 is 4.74 Å². The van der Waals surface area contributed by atoms with Crippen LogP contribution >= 0.6 is 0 Å². The van der Waals surface area contributed by atoms with Gasteiger partial charge in [-0.05, 0) is 12.1 Å². The lowest BCUT2D eigenvalue weighted by Crippen LogP contribution is -1.92. The molecular weight excluding hydrogens is 211 g/mol. The summed E-state index contributed by atoms with van der Waals surface area (Å²) < 4.78 is 18.7. The lowest BCUT2D eigenvalue weighted by molar-refractivity contribution is 0.111. The maximum Gasteiger partial charge on any atom is 0.185 e. The van der Waals surface area contributed by atoms with Gasteiger partial charge in [0.1, 0.15) is 11.6 Å². The fourth-order valence-corrected chi connectivity index (χ4v) is 1.46. The molecule has 0 bridgehead atoms. The summed E-state index contributed by atoms with van der Waals surface area (Å²) >= 11 is 0. The van der Waals surface area contributed by atoms with Gasteiger partial charge in [0, 0.05) is 0 Å². The van der Waals surface area contributed by atoms with E-state index in [0.29, 0.717) is 17.7 Å². The molecule has 0 aliphatic heterocycles. The zero-order valence-electron chi connectivity index (χ0n) is 8.53. The number of aromatic nitrogens is 2. The number of hydrogen-bond donors (Lipinski definition) is 1. The molecule has 0 radical (unpaired) electrons. The number of imidazole rings is 1. The quantitative estimate of drug-likeness (QED) is 0.805. The zero-order chi connectivity index (χ0) is 11.5. The van der Waals surface area contributed by atoms with E-state index in [-0.39, 0.29) is 11.4 Å². The average molecular weight is 220 g/mol. The molecule has 16 heavy (non-hydrogen) atoms. The van der Waals surface area contributed by atoms with Gasteiger partial charge < -0.3 is 9.72 Å².